The molecule has 20 heavy (non-hydrogen) atoms. The Morgan fingerprint density at radius 3 is 2.25 bits per heavy atom. The van der Waals surface area contributed by atoms with Crippen molar-refractivity contribution in [3.63, 3.8) is 0 Å². The maximum atomic E-state index is 14.3. The number of hydrogen-bond donors (Lipinski definition) is 1. The van der Waals surface area contributed by atoms with E-state index in [-0.39, 0.29) is 17.3 Å². The lowest BCUT2D eigenvalue weighted by Crippen LogP contribution is -2.32. The Morgan fingerprint density at radius 2 is 1.75 bits per heavy atom. The third-order valence-corrected chi connectivity index (χ3v) is 4.80. The van der Waals surface area contributed by atoms with Crippen molar-refractivity contribution < 1.29 is 13.9 Å². The van der Waals surface area contributed by atoms with E-state index in [1.54, 1.807) is 13.2 Å². The van der Waals surface area contributed by atoms with Gasteiger partial charge >= 0.3 is 0 Å². The van der Waals surface area contributed by atoms with E-state index in [1.165, 1.54) is 26.0 Å². The Hall–Kier alpha value is -1.29. The van der Waals surface area contributed by atoms with Crippen LogP contribution in [0.5, 0.6) is 11.5 Å². The highest BCUT2D eigenvalue weighted by Crippen LogP contribution is 2.50. The Labute approximate surface area is 120 Å². The summed E-state index contributed by atoms with van der Waals surface area (Å²) in [5, 5.41) is 0. The first-order valence-electron chi connectivity index (χ1n) is 7.25. The molecule has 2 rings (SSSR count). The molecule has 0 aromatic heterocycles. The Kier molecular flexibility index (Phi) is 4.53. The zero-order chi connectivity index (χ0) is 14.8. The van der Waals surface area contributed by atoms with Crippen molar-refractivity contribution in [1.29, 1.82) is 0 Å². The summed E-state index contributed by atoms with van der Waals surface area (Å²) in [5.74, 6) is 0.622. The number of halogens is 1. The van der Waals surface area contributed by atoms with E-state index in [9.17, 15) is 4.39 Å². The molecule has 0 amide bonds. The molecule has 1 aromatic rings. The second kappa shape index (κ2) is 6.00. The molecule has 0 aliphatic heterocycles. The third kappa shape index (κ3) is 2.49. The third-order valence-electron chi connectivity index (χ3n) is 4.80. The minimum absolute atomic E-state index is 0.0143. The van der Waals surface area contributed by atoms with E-state index in [1.807, 2.05) is 0 Å². The fraction of sp³-hybridized carbons (Fsp3) is 0.625. The van der Waals surface area contributed by atoms with Gasteiger partial charge in [-0.25, -0.2) is 4.39 Å². The largest absolute Gasteiger partial charge is 0.493 e. The Balaban J connectivity index is 2.41. The second-order valence-electron chi connectivity index (χ2n) is 5.63. The van der Waals surface area contributed by atoms with E-state index in [0.717, 1.165) is 19.3 Å². The maximum Gasteiger partial charge on any atom is 0.163 e. The highest BCUT2D eigenvalue weighted by molar-refractivity contribution is 5.45. The first-order valence-corrected chi connectivity index (χ1v) is 7.25. The zero-order valence-corrected chi connectivity index (χ0v) is 12.5. The van der Waals surface area contributed by atoms with Crippen LogP contribution in [0.1, 0.15) is 50.6 Å². The van der Waals surface area contributed by atoms with E-state index in [4.69, 9.17) is 15.2 Å². The molecule has 4 heteroatoms. The molecule has 2 N–H and O–H groups in total. The molecule has 1 aliphatic rings. The van der Waals surface area contributed by atoms with Crippen molar-refractivity contribution in [3.05, 3.63) is 23.5 Å². The van der Waals surface area contributed by atoms with Gasteiger partial charge in [0.05, 0.1) is 14.2 Å². The molecule has 1 unspecified atom stereocenters. The number of rotatable bonds is 5. The molecule has 0 heterocycles. The molecule has 1 aliphatic carbocycles. The zero-order valence-electron chi connectivity index (χ0n) is 12.5. The van der Waals surface area contributed by atoms with Gasteiger partial charge in [-0.1, -0.05) is 19.8 Å². The van der Waals surface area contributed by atoms with Gasteiger partial charge in [0.2, 0.25) is 0 Å². The van der Waals surface area contributed by atoms with Crippen molar-refractivity contribution in [2.45, 2.75) is 45.1 Å². The topological polar surface area (TPSA) is 44.5 Å². The SMILES string of the molecule is CCC1(C(N)c2cc(OC)c(OC)cc2F)CCCC1. The summed E-state index contributed by atoms with van der Waals surface area (Å²) in [4.78, 5) is 0. The van der Waals surface area contributed by atoms with Gasteiger partial charge in [-0.05, 0) is 30.7 Å². The van der Waals surface area contributed by atoms with Crippen LogP contribution in [0.4, 0.5) is 4.39 Å². The summed E-state index contributed by atoms with van der Waals surface area (Å²) < 4.78 is 24.7. The van der Waals surface area contributed by atoms with Crippen molar-refractivity contribution in [2.75, 3.05) is 14.2 Å². The summed E-state index contributed by atoms with van der Waals surface area (Å²) in [6.45, 7) is 2.14. The molecule has 3 nitrogen and oxygen atoms in total. The standard InChI is InChI=1S/C16H24FNO2/c1-4-16(7-5-6-8-16)15(18)11-9-13(19-2)14(20-3)10-12(11)17/h9-10,15H,4-8,18H2,1-3H3. The number of methoxy groups -OCH3 is 2. The molecule has 0 bridgehead atoms. The van der Waals surface area contributed by atoms with Gasteiger partial charge in [-0.2, -0.15) is 0 Å². The fourth-order valence-electron chi connectivity index (χ4n) is 3.40. The fourth-order valence-corrected chi connectivity index (χ4v) is 3.40. The summed E-state index contributed by atoms with van der Waals surface area (Å²) in [6, 6.07) is 2.76. The highest BCUT2D eigenvalue weighted by atomic mass is 19.1. The second-order valence-corrected chi connectivity index (χ2v) is 5.63. The molecule has 112 valence electrons. The van der Waals surface area contributed by atoms with Crippen molar-refractivity contribution in [2.24, 2.45) is 11.1 Å². The van der Waals surface area contributed by atoms with E-state index >= 15 is 0 Å². The molecule has 0 spiro atoms. The van der Waals surface area contributed by atoms with Crippen LogP contribution in [-0.2, 0) is 0 Å². The quantitative estimate of drug-likeness (QED) is 0.892. The number of benzene rings is 1. The first-order chi connectivity index (χ1) is 9.57. The number of nitrogens with two attached hydrogens (primary N) is 1. The summed E-state index contributed by atoms with van der Waals surface area (Å²) in [6.07, 6.45) is 5.46. The van der Waals surface area contributed by atoms with Crippen LogP contribution in [0.3, 0.4) is 0 Å². The molecule has 0 saturated heterocycles. The van der Waals surface area contributed by atoms with Gasteiger partial charge < -0.3 is 15.2 Å². The minimum Gasteiger partial charge on any atom is -0.493 e. The van der Waals surface area contributed by atoms with Gasteiger partial charge in [0, 0.05) is 17.7 Å². The summed E-state index contributed by atoms with van der Waals surface area (Å²) in [5.41, 5.74) is 6.97. The van der Waals surface area contributed by atoms with Gasteiger partial charge in [-0.15, -0.1) is 0 Å². The molecule has 0 radical (unpaired) electrons. The Bertz CT molecular complexity index is 470. The van der Waals surface area contributed by atoms with Crippen LogP contribution in [0.15, 0.2) is 12.1 Å². The highest BCUT2D eigenvalue weighted by Gasteiger charge is 2.39. The van der Waals surface area contributed by atoms with Gasteiger partial charge in [0.25, 0.3) is 0 Å². The van der Waals surface area contributed by atoms with Crippen LogP contribution in [0.25, 0.3) is 0 Å². The Morgan fingerprint density at radius 1 is 1.20 bits per heavy atom. The lowest BCUT2D eigenvalue weighted by molar-refractivity contribution is 0.217. The van der Waals surface area contributed by atoms with Gasteiger partial charge in [0.15, 0.2) is 11.5 Å². The van der Waals surface area contributed by atoms with Crippen LogP contribution < -0.4 is 15.2 Å². The van der Waals surface area contributed by atoms with E-state index < -0.39 is 0 Å². The van der Waals surface area contributed by atoms with Crippen LogP contribution in [-0.4, -0.2) is 14.2 Å². The normalized spacial score (nSPS) is 18.9. The van der Waals surface area contributed by atoms with Crippen LogP contribution in [0.2, 0.25) is 0 Å². The van der Waals surface area contributed by atoms with Crippen molar-refractivity contribution >= 4 is 0 Å². The monoisotopic (exact) mass is 281 g/mol. The van der Waals surface area contributed by atoms with Crippen LogP contribution in [0, 0.1) is 11.2 Å². The average Bonchev–Trinajstić information content (AvgIpc) is 2.96. The molecular formula is C16H24FNO2. The van der Waals surface area contributed by atoms with Gasteiger partial charge in [0.1, 0.15) is 5.82 Å². The van der Waals surface area contributed by atoms with E-state index in [2.05, 4.69) is 6.92 Å². The molecule has 1 fully saturated rings. The molecule has 1 atom stereocenters. The lowest BCUT2D eigenvalue weighted by atomic mass is 9.74. The van der Waals surface area contributed by atoms with Crippen LogP contribution >= 0.6 is 0 Å². The first kappa shape index (κ1) is 15.1. The summed E-state index contributed by atoms with van der Waals surface area (Å²) >= 11 is 0. The average molecular weight is 281 g/mol. The molecule has 1 aromatic carbocycles. The predicted molar refractivity (Wildman–Crippen MR) is 77.6 cm³/mol. The lowest BCUT2D eigenvalue weighted by Gasteiger charge is -2.35. The number of ether oxygens (including phenoxy) is 2. The van der Waals surface area contributed by atoms with E-state index in [0.29, 0.717) is 17.1 Å². The predicted octanol–water partition coefficient (Wildman–Crippen LogP) is 3.81. The number of hydrogen-bond acceptors (Lipinski definition) is 3. The maximum absolute atomic E-state index is 14.3. The minimum atomic E-state index is -0.310. The van der Waals surface area contributed by atoms with Gasteiger partial charge in [-0.3, -0.25) is 0 Å². The molecular weight excluding hydrogens is 257 g/mol. The van der Waals surface area contributed by atoms with Crippen molar-refractivity contribution in [1.82, 2.24) is 0 Å². The summed E-state index contributed by atoms with van der Waals surface area (Å²) in [7, 11) is 3.05. The van der Waals surface area contributed by atoms with Crippen molar-refractivity contribution in [3.8, 4) is 11.5 Å². The smallest absolute Gasteiger partial charge is 0.163 e. The molecule has 1 saturated carbocycles.